The first kappa shape index (κ1) is 11.5. The molecule has 94 valence electrons. The molecule has 0 radical (unpaired) electrons. The number of rotatable bonds is 4. The SMILES string of the molecule is N#Cc1cnn2ccn(CCCc3ccccc3)c12. The van der Waals surface area contributed by atoms with E-state index < -0.39 is 0 Å². The topological polar surface area (TPSA) is 46.0 Å². The highest BCUT2D eigenvalue weighted by Crippen LogP contribution is 2.12. The summed E-state index contributed by atoms with van der Waals surface area (Å²) >= 11 is 0. The minimum atomic E-state index is 0.629. The summed E-state index contributed by atoms with van der Waals surface area (Å²) in [5, 5.41) is 13.2. The van der Waals surface area contributed by atoms with E-state index in [1.807, 2.05) is 18.5 Å². The largest absolute Gasteiger partial charge is 0.330 e. The lowest BCUT2D eigenvalue weighted by molar-refractivity contribution is 0.658. The summed E-state index contributed by atoms with van der Waals surface area (Å²) in [4.78, 5) is 0. The van der Waals surface area contributed by atoms with Crippen LogP contribution < -0.4 is 0 Å². The Morgan fingerprint density at radius 2 is 2.00 bits per heavy atom. The van der Waals surface area contributed by atoms with Crippen molar-refractivity contribution >= 4 is 5.65 Å². The van der Waals surface area contributed by atoms with E-state index in [1.165, 1.54) is 5.56 Å². The van der Waals surface area contributed by atoms with Gasteiger partial charge in [-0.2, -0.15) is 10.4 Å². The maximum Gasteiger partial charge on any atom is 0.153 e. The van der Waals surface area contributed by atoms with Gasteiger partial charge < -0.3 is 4.57 Å². The van der Waals surface area contributed by atoms with Gasteiger partial charge in [-0.05, 0) is 18.4 Å². The molecule has 4 heteroatoms. The zero-order valence-corrected chi connectivity index (χ0v) is 10.5. The average Bonchev–Trinajstić information content (AvgIpc) is 3.02. The number of hydrogen-bond acceptors (Lipinski definition) is 2. The average molecular weight is 250 g/mol. The summed E-state index contributed by atoms with van der Waals surface area (Å²) in [6, 6.07) is 12.6. The molecule has 0 unspecified atom stereocenters. The van der Waals surface area contributed by atoms with Crippen LogP contribution in [0.3, 0.4) is 0 Å². The third kappa shape index (κ3) is 2.23. The fourth-order valence-electron chi connectivity index (χ4n) is 2.32. The van der Waals surface area contributed by atoms with Crippen LogP contribution in [0.2, 0.25) is 0 Å². The van der Waals surface area contributed by atoms with Crippen LogP contribution in [-0.4, -0.2) is 14.2 Å². The number of nitriles is 1. The summed E-state index contributed by atoms with van der Waals surface area (Å²) in [6.07, 6.45) is 7.57. The summed E-state index contributed by atoms with van der Waals surface area (Å²) in [5.74, 6) is 0. The molecule has 0 aliphatic rings. The van der Waals surface area contributed by atoms with Crippen molar-refractivity contribution in [1.82, 2.24) is 14.2 Å². The van der Waals surface area contributed by atoms with Gasteiger partial charge >= 0.3 is 0 Å². The molecule has 0 bridgehead atoms. The monoisotopic (exact) mass is 250 g/mol. The molecule has 0 saturated heterocycles. The Morgan fingerprint density at radius 1 is 1.16 bits per heavy atom. The predicted octanol–water partition coefficient (Wildman–Crippen LogP) is 2.64. The van der Waals surface area contributed by atoms with Gasteiger partial charge in [0.2, 0.25) is 0 Å². The minimum absolute atomic E-state index is 0.629. The molecule has 0 amide bonds. The van der Waals surface area contributed by atoms with Gasteiger partial charge in [-0.3, -0.25) is 0 Å². The van der Waals surface area contributed by atoms with E-state index in [9.17, 15) is 0 Å². The number of fused-ring (bicyclic) bond motifs is 1. The fraction of sp³-hybridized carbons (Fsp3) is 0.200. The van der Waals surface area contributed by atoms with E-state index in [-0.39, 0.29) is 0 Å². The highest BCUT2D eigenvalue weighted by atomic mass is 15.3. The van der Waals surface area contributed by atoms with Crippen molar-refractivity contribution < 1.29 is 0 Å². The molecule has 19 heavy (non-hydrogen) atoms. The molecular formula is C15H14N4. The summed E-state index contributed by atoms with van der Waals surface area (Å²) in [7, 11) is 0. The number of nitrogens with zero attached hydrogens (tertiary/aromatic N) is 4. The molecule has 2 heterocycles. The van der Waals surface area contributed by atoms with E-state index in [0.717, 1.165) is 25.0 Å². The standard InChI is InChI=1S/C15H14N4/c16-11-14-12-17-19-10-9-18(15(14)19)8-4-7-13-5-2-1-3-6-13/h1-3,5-6,9-10,12H,4,7-8H2. The second-order valence-corrected chi connectivity index (χ2v) is 4.52. The number of imidazole rings is 1. The molecule has 0 fully saturated rings. The number of aryl methyl sites for hydroxylation is 2. The van der Waals surface area contributed by atoms with Gasteiger partial charge in [0, 0.05) is 18.9 Å². The van der Waals surface area contributed by atoms with Crippen molar-refractivity contribution in [2.45, 2.75) is 19.4 Å². The third-order valence-electron chi connectivity index (χ3n) is 3.26. The van der Waals surface area contributed by atoms with E-state index in [0.29, 0.717) is 5.56 Å². The van der Waals surface area contributed by atoms with Gasteiger partial charge in [-0.1, -0.05) is 30.3 Å². The van der Waals surface area contributed by atoms with Crippen molar-refractivity contribution in [3.63, 3.8) is 0 Å². The molecule has 1 aromatic carbocycles. The van der Waals surface area contributed by atoms with Gasteiger partial charge in [0.05, 0.1) is 6.20 Å². The van der Waals surface area contributed by atoms with E-state index in [1.54, 1.807) is 10.7 Å². The van der Waals surface area contributed by atoms with Crippen LogP contribution in [0, 0.1) is 11.3 Å². The molecule has 4 nitrogen and oxygen atoms in total. The first-order valence-electron chi connectivity index (χ1n) is 6.35. The van der Waals surface area contributed by atoms with Gasteiger partial charge in [0.1, 0.15) is 11.6 Å². The van der Waals surface area contributed by atoms with E-state index in [2.05, 4.69) is 40.0 Å². The zero-order valence-electron chi connectivity index (χ0n) is 10.5. The Morgan fingerprint density at radius 3 is 2.79 bits per heavy atom. The highest BCUT2D eigenvalue weighted by Gasteiger charge is 2.08. The molecule has 2 aromatic heterocycles. The smallest absolute Gasteiger partial charge is 0.153 e. The summed E-state index contributed by atoms with van der Waals surface area (Å²) in [6.45, 7) is 0.895. The van der Waals surface area contributed by atoms with Crippen LogP contribution in [-0.2, 0) is 13.0 Å². The lowest BCUT2D eigenvalue weighted by atomic mass is 10.1. The maximum atomic E-state index is 9.05. The number of aromatic nitrogens is 3. The Labute approximate surface area is 111 Å². The maximum absolute atomic E-state index is 9.05. The lowest BCUT2D eigenvalue weighted by Gasteiger charge is -2.04. The van der Waals surface area contributed by atoms with Crippen LogP contribution in [0.5, 0.6) is 0 Å². The van der Waals surface area contributed by atoms with Crippen molar-refractivity contribution in [2.75, 3.05) is 0 Å². The van der Waals surface area contributed by atoms with Gasteiger partial charge in [-0.15, -0.1) is 0 Å². The lowest BCUT2D eigenvalue weighted by Crippen LogP contribution is -1.99. The molecule has 0 N–H and O–H groups in total. The molecular weight excluding hydrogens is 236 g/mol. The normalized spacial score (nSPS) is 10.7. The summed E-state index contributed by atoms with van der Waals surface area (Å²) in [5.41, 5.74) is 2.86. The molecule has 0 aliphatic carbocycles. The Kier molecular flexibility index (Phi) is 3.03. The van der Waals surface area contributed by atoms with Crippen molar-refractivity contribution in [3.05, 3.63) is 60.0 Å². The van der Waals surface area contributed by atoms with Crippen LogP contribution in [0.25, 0.3) is 5.65 Å². The molecule has 3 aromatic rings. The van der Waals surface area contributed by atoms with Crippen LogP contribution in [0.4, 0.5) is 0 Å². The van der Waals surface area contributed by atoms with Gasteiger partial charge in [0.15, 0.2) is 5.65 Å². The first-order chi connectivity index (χ1) is 9.38. The van der Waals surface area contributed by atoms with E-state index in [4.69, 9.17) is 5.26 Å². The number of benzene rings is 1. The quantitative estimate of drug-likeness (QED) is 0.714. The minimum Gasteiger partial charge on any atom is -0.330 e. The second kappa shape index (κ2) is 4.99. The number of hydrogen-bond donors (Lipinski definition) is 0. The molecule has 3 rings (SSSR count). The van der Waals surface area contributed by atoms with Crippen LogP contribution >= 0.6 is 0 Å². The second-order valence-electron chi connectivity index (χ2n) is 4.52. The van der Waals surface area contributed by atoms with Gasteiger partial charge in [0.25, 0.3) is 0 Å². The van der Waals surface area contributed by atoms with E-state index >= 15 is 0 Å². The van der Waals surface area contributed by atoms with Crippen molar-refractivity contribution in [3.8, 4) is 6.07 Å². The van der Waals surface area contributed by atoms with Crippen LogP contribution in [0.15, 0.2) is 48.9 Å². The molecule has 0 spiro atoms. The van der Waals surface area contributed by atoms with Gasteiger partial charge in [-0.25, -0.2) is 4.52 Å². The molecule has 0 aliphatic heterocycles. The third-order valence-corrected chi connectivity index (χ3v) is 3.26. The summed E-state index contributed by atoms with van der Waals surface area (Å²) < 4.78 is 3.84. The first-order valence-corrected chi connectivity index (χ1v) is 6.35. The Hall–Kier alpha value is -2.54. The van der Waals surface area contributed by atoms with Crippen molar-refractivity contribution in [1.29, 1.82) is 5.26 Å². The Balaban J connectivity index is 1.72. The molecule has 0 saturated carbocycles. The predicted molar refractivity (Wildman–Crippen MR) is 72.7 cm³/mol. The van der Waals surface area contributed by atoms with Crippen LogP contribution in [0.1, 0.15) is 17.5 Å². The molecule has 0 atom stereocenters. The Bertz CT molecular complexity index is 716. The highest BCUT2D eigenvalue weighted by molar-refractivity contribution is 5.54. The zero-order chi connectivity index (χ0) is 13.1. The van der Waals surface area contributed by atoms with Crippen molar-refractivity contribution in [2.24, 2.45) is 0 Å². The fourth-order valence-corrected chi connectivity index (χ4v) is 2.32.